The fourth-order valence-corrected chi connectivity index (χ4v) is 2.81. The largest absolute Gasteiger partial charge is 0.457 e. The molecule has 1 fully saturated rings. The number of benzene rings is 1. The lowest BCUT2D eigenvalue weighted by molar-refractivity contribution is -0.141. The van der Waals surface area contributed by atoms with Crippen LogP contribution in [0.25, 0.3) is 0 Å². The van der Waals surface area contributed by atoms with E-state index in [9.17, 15) is 9.00 Å². The molecule has 2 rings (SSSR count). The zero-order valence-electron chi connectivity index (χ0n) is 9.30. The van der Waals surface area contributed by atoms with Gasteiger partial charge in [-0.25, -0.2) is 0 Å². The summed E-state index contributed by atoms with van der Waals surface area (Å²) in [5, 5.41) is 0. The highest BCUT2D eigenvalue weighted by atomic mass is 32.2. The zero-order chi connectivity index (χ0) is 11.7. The van der Waals surface area contributed by atoms with Crippen LogP contribution in [0.2, 0.25) is 0 Å². The maximum atomic E-state index is 11.6. The van der Waals surface area contributed by atoms with E-state index in [4.69, 9.17) is 4.74 Å². The second-order valence-corrected chi connectivity index (χ2v) is 5.43. The standard InChI is InChI=1S/C12H14O3S/c1-8-7-11(13)15-12(8)9-5-3-4-6-10(9)16(2)14/h3-6,8,12H,7H2,1-2H3/t8-,12+,16?/m1/s1. The van der Waals surface area contributed by atoms with Crippen LogP contribution in [-0.2, 0) is 20.3 Å². The number of cyclic esters (lactones) is 1. The molecule has 0 bridgehead atoms. The first-order valence-electron chi connectivity index (χ1n) is 5.21. The fourth-order valence-electron chi connectivity index (χ4n) is 2.02. The van der Waals surface area contributed by atoms with Crippen molar-refractivity contribution >= 4 is 16.8 Å². The first kappa shape index (κ1) is 11.3. The molecule has 1 saturated heterocycles. The van der Waals surface area contributed by atoms with Gasteiger partial charge in [-0.1, -0.05) is 25.1 Å². The van der Waals surface area contributed by atoms with E-state index in [0.717, 1.165) is 10.5 Å². The monoisotopic (exact) mass is 238 g/mol. The van der Waals surface area contributed by atoms with Gasteiger partial charge in [0.1, 0.15) is 6.10 Å². The molecule has 3 atom stereocenters. The summed E-state index contributed by atoms with van der Waals surface area (Å²) in [6.45, 7) is 1.98. The van der Waals surface area contributed by atoms with Gasteiger partial charge >= 0.3 is 5.97 Å². The van der Waals surface area contributed by atoms with E-state index in [2.05, 4.69) is 0 Å². The minimum Gasteiger partial charge on any atom is -0.457 e. The highest BCUT2D eigenvalue weighted by Crippen LogP contribution is 2.37. The van der Waals surface area contributed by atoms with Crippen LogP contribution < -0.4 is 0 Å². The molecular formula is C12H14O3S. The Morgan fingerprint density at radius 3 is 2.62 bits per heavy atom. The molecule has 0 spiro atoms. The summed E-state index contributed by atoms with van der Waals surface area (Å²) in [5.74, 6) is -0.0219. The molecule has 0 saturated carbocycles. The summed E-state index contributed by atoms with van der Waals surface area (Å²) in [6, 6.07) is 7.44. The van der Waals surface area contributed by atoms with E-state index >= 15 is 0 Å². The maximum absolute atomic E-state index is 11.6. The second kappa shape index (κ2) is 4.37. The normalized spacial score (nSPS) is 26.5. The zero-order valence-corrected chi connectivity index (χ0v) is 10.1. The molecule has 86 valence electrons. The number of carbonyl (C=O) groups excluding carboxylic acids is 1. The third-order valence-corrected chi connectivity index (χ3v) is 3.79. The molecule has 1 aliphatic heterocycles. The number of rotatable bonds is 2. The summed E-state index contributed by atoms with van der Waals surface area (Å²) in [4.78, 5) is 12.0. The number of ether oxygens (including phenoxy) is 1. The summed E-state index contributed by atoms with van der Waals surface area (Å²) in [7, 11) is -1.05. The van der Waals surface area contributed by atoms with Gasteiger partial charge in [-0.15, -0.1) is 0 Å². The van der Waals surface area contributed by atoms with E-state index in [1.165, 1.54) is 0 Å². The summed E-state index contributed by atoms with van der Waals surface area (Å²) >= 11 is 0. The molecule has 1 heterocycles. The van der Waals surface area contributed by atoms with Gasteiger partial charge in [-0.05, 0) is 6.07 Å². The van der Waals surface area contributed by atoms with Crippen molar-refractivity contribution in [2.45, 2.75) is 24.3 Å². The van der Waals surface area contributed by atoms with Crippen LogP contribution >= 0.6 is 0 Å². The molecule has 1 aromatic carbocycles. The Balaban J connectivity index is 2.40. The Kier molecular flexibility index (Phi) is 3.10. The smallest absolute Gasteiger partial charge is 0.306 e. The van der Waals surface area contributed by atoms with Gasteiger partial charge in [0, 0.05) is 22.6 Å². The number of esters is 1. The van der Waals surface area contributed by atoms with Crippen molar-refractivity contribution in [3.63, 3.8) is 0 Å². The van der Waals surface area contributed by atoms with Crippen LogP contribution in [0.4, 0.5) is 0 Å². The van der Waals surface area contributed by atoms with E-state index in [0.29, 0.717) is 6.42 Å². The molecule has 0 aromatic heterocycles. The van der Waals surface area contributed by atoms with Crippen LogP contribution in [0.3, 0.4) is 0 Å². The van der Waals surface area contributed by atoms with Gasteiger partial charge in [-0.3, -0.25) is 9.00 Å². The van der Waals surface area contributed by atoms with Crippen LogP contribution in [0.5, 0.6) is 0 Å². The molecular weight excluding hydrogens is 224 g/mol. The molecule has 1 aromatic rings. The molecule has 0 amide bonds. The molecule has 4 heteroatoms. The fraction of sp³-hybridized carbons (Fsp3) is 0.417. The Hall–Kier alpha value is -1.16. The SMILES string of the molecule is C[C@@H]1CC(=O)O[C@@H]1c1ccccc1S(C)=O. The summed E-state index contributed by atoms with van der Waals surface area (Å²) in [5.41, 5.74) is 0.877. The van der Waals surface area contributed by atoms with Crippen LogP contribution in [0, 0.1) is 5.92 Å². The molecule has 0 N–H and O–H groups in total. The Labute approximate surface area is 97.3 Å². The lowest BCUT2D eigenvalue weighted by Crippen LogP contribution is -2.08. The van der Waals surface area contributed by atoms with Crippen molar-refractivity contribution in [3.05, 3.63) is 29.8 Å². The van der Waals surface area contributed by atoms with Crippen LogP contribution in [-0.4, -0.2) is 16.4 Å². The Morgan fingerprint density at radius 2 is 2.06 bits per heavy atom. The minimum atomic E-state index is -1.05. The lowest BCUT2D eigenvalue weighted by Gasteiger charge is -2.16. The molecule has 0 aliphatic carbocycles. The van der Waals surface area contributed by atoms with Gasteiger partial charge < -0.3 is 4.74 Å². The van der Waals surface area contributed by atoms with E-state index < -0.39 is 10.8 Å². The van der Waals surface area contributed by atoms with Gasteiger partial charge in [-0.2, -0.15) is 0 Å². The number of hydrogen-bond donors (Lipinski definition) is 0. The predicted molar refractivity (Wildman–Crippen MR) is 61.4 cm³/mol. The van der Waals surface area contributed by atoms with E-state index in [1.807, 2.05) is 31.2 Å². The molecule has 1 unspecified atom stereocenters. The van der Waals surface area contributed by atoms with Crippen molar-refractivity contribution in [3.8, 4) is 0 Å². The second-order valence-electron chi connectivity index (χ2n) is 4.08. The third-order valence-electron chi connectivity index (χ3n) is 2.80. The Morgan fingerprint density at radius 1 is 1.38 bits per heavy atom. The number of hydrogen-bond acceptors (Lipinski definition) is 3. The first-order valence-corrected chi connectivity index (χ1v) is 6.77. The Bertz CT molecular complexity index is 442. The van der Waals surface area contributed by atoms with Gasteiger partial charge in [0.25, 0.3) is 0 Å². The highest BCUT2D eigenvalue weighted by molar-refractivity contribution is 7.84. The summed E-state index contributed by atoms with van der Waals surface area (Å²) < 4.78 is 16.9. The van der Waals surface area contributed by atoms with E-state index in [-0.39, 0.29) is 18.0 Å². The van der Waals surface area contributed by atoms with Gasteiger partial charge in [0.15, 0.2) is 0 Å². The summed E-state index contributed by atoms with van der Waals surface area (Å²) in [6.07, 6.45) is 1.84. The minimum absolute atomic E-state index is 0.150. The predicted octanol–water partition coefficient (Wildman–Crippen LogP) is 2.05. The number of carbonyl (C=O) groups is 1. The van der Waals surface area contributed by atoms with Crippen LogP contribution in [0.15, 0.2) is 29.2 Å². The molecule has 16 heavy (non-hydrogen) atoms. The first-order chi connectivity index (χ1) is 7.59. The van der Waals surface area contributed by atoms with Crippen molar-refractivity contribution in [2.75, 3.05) is 6.26 Å². The van der Waals surface area contributed by atoms with Crippen molar-refractivity contribution in [2.24, 2.45) is 5.92 Å². The topological polar surface area (TPSA) is 43.4 Å². The van der Waals surface area contributed by atoms with Crippen molar-refractivity contribution in [1.82, 2.24) is 0 Å². The lowest BCUT2D eigenvalue weighted by atomic mass is 9.97. The average Bonchev–Trinajstić information content (AvgIpc) is 2.57. The van der Waals surface area contributed by atoms with E-state index in [1.54, 1.807) is 6.26 Å². The van der Waals surface area contributed by atoms with Gasteiger partial charge in [0.2, 0.25) is 0 Å². The van der Waals surface area contributed by atoms with Gasteiger partial charge in [0.05, 0.1) is 17.2 Å². The maximum Gasteiger partial charge on any atom is 0.306 e. The highest BCUT2D eigenvalue weighted by Gasteiger charge is 2.34. The van der Waals surface area contributed by atoms with Crippen molar-refractivity contribution < 1.29 is 13.7 Å². The quantitative estimate of drug-likeness (QED) is 0.741. The third kappa shape index (κ3) is 2.02. The van der Waals surface area contributed by atoms with Crippen LogP contribution in [0.1, 0.15) is 25.0 Å². The molecule has 0 radical (unpaired) electrons. The van der Waals surface area contributed by atoms with Crippen molar-refractivity contribution in [1.29, 1.82) is 0 Å². The average molecular weight is 238 g/mol. The molecule has 3 nitrogen and oxygen atoms in total. The molecule has 1 aliphatic rings.